The lowest BCUT2D eigenvalue weighted by Crippen LogP contribution is -2.44. The number of aryl methyl sites for hydroxylation is 1. The first kappa shape index (κ1) is 25.5. The van der Waals surface area contributed by atoms with Crippen molar-refractivity contribution in [3.05, 3.63) is 60.0 Å². The van der Waals surface area contributed by atoms with Crippen molar-refractivity contribution in [1.29, 1.82) is 0 Å². The molecule has 3 heterocycles. The number of carboxylic acid groups (broad SMARTS) is 2. The number of fused-ring (bicyclic) bond motifs is 1. The van der Waals surface area contributed by atoms with Gasteiger partial charge in [-0.2, -0.15) is 0 Å². The van der Waals surface area contributed by atoms with Crippen LogP contribution in [-0.4, -0.2) is 81.5 Å². The Hall–Kier alpha value is -3.72. The van der Waals surface area contributed by atoms with E-state index in [2.05, 4.69) is 42.2 Å². The molecule has 1 aliphatic rings. The van der Waals surface area contributed by atoms with Gasteiger partial charge in [-0.05, 0) is 74.8 Å². The monoisotopic (exact) mass is 454 g/mol. The number of nitrogens with zero attached hydrogens (tertiary/aromatic N) is 4. The summed E-state index contributed by atoms with van der Waals surface area (Å²) in [7, 11) is 4.08. The number of piperidine rings is 1. The summed E-state index contributed by atoms with van der Waals surface area (Å²) in [6.45, 7) is 3.66. The van der Waals surface area contributed by atoms with Gasteiger partial charge in [-0.15, -0.1) is 0 Å². The van der Waals surface area contributed by atoms with Crippen molar-refractivity contribution in [1.82, 2.24) is 19.2 Å². The van der Waals surface area contributed by atoms with E-state index in [9.17, 15) is 4.79 Å². The van der Waals surface area contributed by atoms with Crippen LogP contribution in [0.25, 0.3) is 16.8 Å². The molecule has 0 bridgehead atoms. The van der Waals surface area contributed by atoms with Crippen molar-refractivity contribution in [2.24, 2.45) is 0 Å². The molecule has 2 aromatic heterocycles. The van der Waals surface area contributed by atoms with E-state index >= 15 is 0 Å². The van der Waals surface area contributed by atoms with Crippen molar-refractivity contribution >= 4 is 24.5 Å². The first-order chi connectivity index (χ1) is 15.9. The number of hydrogen-bond donors (Lipinski definition) is 2. The Morgan fingerprint density at radius 1 is 1.12 bits per heavy atom. The molecule has 3 aromatic rings. The highest BCUT2D eigenvalue weighted by molar-refractivity contribution is 5.95. The fraction of sp³-hybridized carbons (Fsp3) is 0.333. The molecule has 4 rings (SSSR count). The molecule has 0 spiro atoms. The summed E-state index contributed by atoms with van der Waals surface area (Å²) in [6, 6.07) is 10.4. The number of benzene rings is 1. The maximum absolute atomic E-state index is 13.0. The molecule has 9 heteroatoms. The van der Waals surface area contributed by atoms with Gasteiger partial charge < -0.3 is 24.4 Å². The molecule has 0 unspecified atom stereocenters. The van der Waals surface area contributed by atoms with E-state index < -0.39 is 0 Å². The van der Waals surface area contributed by atoms with E-state index in [-0.39, 0.29) is 18.9 Å². The van der Waals surface area contributed by atoms with Gasteiger partial charge >= 0.3 is 0 Å². The van der Waals surface area contributed by atoms with E-state index in [0.717, 1.165) is 53.8 Å². The molecule has 1 aromatic carbocycles. The first-order valence-corrected chi connectivity index (χ1v) is 10.5. The van der Waals surface area contributed by atoms with Crippen LogP contribution in [0.3, 0.4) is 0 Å². The highest BCUT2D eigenvalue weighted by atomic mass is 16.3. The minimum Gasteiger partial charge on any atom is -0.483 e. The zero-order valence-electron chi connectivity index (χ0n) is 19.1. The van der Waals surface area contributed by atoms with Gasteiger partial charge in [0.1, 0.15) is 5.65 Å². The highest BCUT2D eigenvalue weighted by Gasteiger charge is 2.24. The van der Waals surface area contributed by atoms with Crippen LogP contribution in [-0.2, 0) is 9.59 Å². The van der Waals surface area contributed by atoms with Crippen molar-refractivity contribution in [3.8, 4) is 11.1 Å². The van der Waals surface area contributed by atoms with Gasteiger partial charge in [0.25, 0.3) is 18.9 Å². The summed E-state index contributed by atoms with van der Waals surface area (Å²) in [5.74, 6) is 0.104. The van der Waals surface area contributed by atoms with Gasteiger partial charge in [-0.3, -0.25) is 14.4 Å². The Morgan fingerprint density at radius 3 is 2.39 bits per heavy atom. The number of pyridine rings is 1. The van der Waals surface area contributed by atoms with Crippen LogP contribution < -0.4 is 0 Å². The molecule has 1 amide bonds. The molecule has 176 valence electrons. The van der Waals surface area contributed by atoms with E-state index in [1.54, 1.807) is 0 Å². The molecular weight excluding hydrogens is 424 g/mol. The van der Waals surface area contributed by atoms with Gasteiger partial charge in [-0.25, -0.2) is 4.98 Å². The standard InChI is InChI=1S/C22H26N4O.2CH2O2/c1-16-13-19(15-26-12-9-23-21(16)26)17-5-4-6-18(14-17)22(27)25(3)20-7-10-24(2)11-8-20;2*2-1-3/h4-6,9,12-15,20H,7-8,10-11H2,1-3H3;2*1H,(H,2,3). The van der Waals surface area contributed by atoms with E-state index in [4.69, 9.17) is 19.8 Å². The van der Waals surface area contributed by atoms with Crippen molar-refractivity contribution in [2.45, 2.75) is 25.8 Å². The Bertz CT molecular complexity index is 1070. The average molecular weight is 455 g/mol. The molecule has 0 radical (unpaired) electrons. The third-order valence-electron chi connectivity index (χ3n) is 5.67. The second kappa shape index (κ2) is 12.4. The molecule has 0 atom stereocenters. The van der Waals surface area contributed by atoms with Crippen LogP contribution in [0.2, 0.25) is 0 Å². The summed E-state index contributed by atoms with van der Waals surface area (Å²) in [6.07, 6.45) is 7.90. The number of carbonyl (C=O) groups excluding carboxylic acids is 1. The Balaban J connectivity index is 0.000000582. The van der Waals surface area contributed by atoms with Crippen LogP contribution in [0.5, 0.6) is 0 Å². The summed E-state index contributed by atoms with van der Waals surface area (Å²) in [5, 5.41) is 13.8. The summed E-state index contributed by atoms with van der Waals surface area (Å²) >= 11 is 0. The number of aromatic nitrogens is 2. The molecule has 33 heavy (non-hydrogen) atoms. The Morgan fingerprint density at radius 2 is 1.76 bits per heavy atom. The quantitative estimate of drug-likeness (QED) is 0.585. The highest BCUT2D eigenvalue weighted by Crippen LogP contribution is 2.24. The number of likely N-dealkylation sites (tertiary alicyclic amines) is 1. The summed E-state index contributed by atoms with van der Waals surface area (Å²) < 4.78 is 2.03. The third-order valence-corrected chi connectivity index (χ3v) is 5.67. The Kier molecular flexibility index (Phi) is 9.56. The molecule has 1 saturated heterocycles. The molecule has 1 fully saturated rings. The largest absolute Gasteiger partial charge is 0.483 e. The lowest BCUT2D eigenvalue weighted by Gasteiger charge is -2.35. The van der Waals surface area contributed by atoms with Crippen LogP contribution >= 0.6 is 0 Å². The summed E-state index contributed by atoms with van der Waals surface area (Å²) in [5.41, 5.74) is 4.98. The third kappa shape index (κ3) is 6.63. The van der Waals surface area contributed by atoms with Gasteiger partial charge in [0.2, 0.25) is 0 Å². The molecule has 9 nitrogen and oxygen atoms in total. The van der Waals surface area contributed by atoms with E-state index in [1.165, 1.54) is 0 Å². The fourth-order valence-corrected chi connectivity index (χ4v) is 3.95. The second-order valence-corrected chi connectivity index (χ2v) is 7.81. The molecule has 2 N–H and O–H groups in total. The number of rotatable bonds is 3. The van der Waals surface area contributed by atoms with Crippen molar-refractivity contribution in [2.75, 3.05) is 27.2 Å². The number of carbonyl (C=O) groups is 3. The normalized spacial score (nSPS) is 13.8. The van der Waals surface area contributed by atoms with Crippen LogP contribution in [0.1, 0.15) is 28.8 Å². The number of imidazole rings is 1. The minimum absolute atomic E-state index is 0.104. The zero-order valence-corrected chi connectivity index (χ0v) is 19.1. The fourth-order valence-electron chi connectivity index (χ4n) is 3.95. The predicted molar refractivity (Wildman–Crippen MR) is 125 cm³/mol. The second-order valence-electron chi connectivity index (χ2n) is 7.81. The van der Waals surface area contributed by atoms with Gasteiger partial charge in [0, 0.05) is 37.2 Å². The minimum atomic E-state index is -0.250. The van der Waals surface area contributed by atoms with Gasteiger partial charge in [0.05, 0.1) is 0 Å². The SMILES string of the molecule is Cc1cc(-c2cccc(C(=O)N(C)C3CCN(C)CC3)c2)cn2ccnc12.O=CO.O=CO. The lowest BCUT2D eigenvalue weighted by atomic mass is 10.0. The molecule has 0 saturated carbocycles. The maximum Gasteiger partial charge on any atom is 0.290 e. The van der Waals surface area contributed by atoms with E-state index in [1.807, 2.05) is 46.9 Å². The topological polar surface area (TPSA) is 115 Å². The number of amides is 1. The Labute approximate surface area is 192 Å². The number of hydrogen-bond acceptors (Lipinski definition) is 5. The van der Waals surface area contributed by atoms with Crippen LogP contribution in [0, 0.1) is 6.92 Å². The van der Waals surface area contributed by atoms with E-state index in [0.29, 0.717) is 6.04 Å². The smallest absolute Gasteiger partial charge is 0.290 e. The maximum atomic E-state index is 13.0. The van der Waals surface area contributed by atoms with Gasteiger partial charge in [0.15, 0.2) is 0 Å². The zero-order chi connectivity index (χ0) is 24.4. The van der Waals surface area contributed by atoms with Crippen LogP contribution in [0.15, 0.2) is 48.9 Å². The average Bonchev–Trinajstić information content (AvgIpc) is 3.29. The van der Waals surface area contributed by atoms with Crippen molar-refractivity contribution < 1.29 is 24.6 Å². The molecule has 1 aliphatic heterocycles. The van der Waals surface area contributed by atoms with Gasteiger partial charge in [-0.1, -0.05) is 12.1 Å². The lowest BCUT2D eigenvalue weighted by molar-refractivity contribution is -0.123. The first-order valence-electron chi connectivity index (χ1n) is 10.5. The van der Waals surface area contributed by atoms with Crippen molar-refractivity contribution in [3.63, 3.8) is 0 Å². The predicted octanol–water partition coefficient (Wildman–Crippen LogP) is 2.88. The molecule has 0 aliphatic carbocycles. The molecular formula is C24H30N4O5. The van der Waals surface area contributed by atoms with Crippen LogP contribution in [0.4, 0.5) is 0 Å². The summed E-state index contributed by atoms with van der Waals surface area (Å²) in [4.78, 5) is 38.4.